The van der Waals surface area contributed by atoms with E-state index in [9.17, 15) is 27.7 Å². The second kappa shape index (κ2) is 7.06. The number of urea groups is 1. The summed E-state index contributed by atoms with van der Waals surface area (Å²) in [6.45, 7) is -0.0135. The fraction of sp³-hybridized carbons (Fsp3) is 0.217. The van der Waals surface area contributed by atoms with E-state index in [0.29, 0.717) is 22.9 Å². The number of hydrogen-bond donors (Lipinski definition) is 0. The molecule has 2 aromatic carbocycles. The van der Waals surface area contributed by atoms with Gasteiger partial charge in [0.2, 0.25) is 10.0 Å². The van der Waals surface area contributed by atoms with Gasteiger partial charge in [0, 0.05) is 24.2 Å². The van der Waals surface area contributed by atoms with Crippen molar-refractivity contribution >= 4 is 38.6 Å². The fourth-order valence-corrected chi connectivity index (χ4v) is 7.08. The van der Waals surface area contributed by atoms with Crippen LogP contribution in [0.3, 0.4) is 0 Å². The average molecular weight is 477 g/mol. The first-order valence-electron chi connectivity index (χ1n) is 10.5. The molecule has 4 heterocycles. The van der Waals surface area contributed by atoms with Gasteiger partial charge in [0.15, 0.2) is 0 Å². The number of anilines is 1. The predicted molar refractivity (Wildman–Crippen MR) is 117 cm³/mol. The van der Waals surface area contributed by atoms with E-state index in [2.05, 4.69) is 11.1 Å². The number of carbonyl (C=O) groups excluding carboxylic acids is 2. The zero-order valence-corrected chi connectivity index (χ0v) is 18.3. The van der Waals surface area contributed by atoms with E-state index < -0.39 is 50.8 Å². The SMILES string of the molecule is N#Cc1ccc(N2C(=O)[C@H]3C4CC(CN4S(=O)(=O)c4ccccc4F)N3C2=O)c2cccnc12. The summed E-state index contributed by atoms with van der Waals surface area (Å²) in [5, 5.41) is 9.85. The van der Waals surface area contributed by atoms with E-state index in [1.807, 2.05) is 0 Å². The van der Waals surface area contributed by atoms with Crippen LogP contribution in [0.2, 0.25) is 0 Å². The third-order valence-electron chi connectivity index (χ3n) is 6.75. The van der Waals surface area contributed by atoms with Gasteiger partial charge in [0.25, 0.3) is 5.91 Å². The third kappa shape index (κ3) is 2.60. The summed E-state index contributed by atoms with van der Waals surface area (Å²) in [5.74, 6) is -1.42. The first-order chi connectivity index (χ1) is 16.3. The molecule has 3 atom stereocenters. The minimum Gasteiger partial charge on any atom is -0.306 e. The number of halogens is 1. The summed E-state index contributed by atoms with van der Waals surface area (Å²) in [5.41, 5.74) is 0.956. The van der Waals surface area contributed by atoms with Crippen LogP contribution in [-0.2, 0) is 14.8 Å². The predicted octanol–water partition coefficient (Wildman–Crippen LogP) is 2.23. The van der Waals surface area contributed by atoms with E-state index in [0.717, 1.165) is 15.3 Å². The molecule has 0 spiro atoms. The smallest absolute Gasteiger partial charge is 0.306 e. The Morgan fingerprint density at radius 3 is 2.65 bits per heavy atom. The van der Waals surface area contributed by atoms with Crippen LogP contribution in [0.1, 0.15) is 12.0 Å². The summed E-state index contributed by atoms with van der Waals surface area (Å²) < 4.78 is 41.9. The number of fused-ring (bicyclic) bond motifs is 6. The number of amides is 3. The molecule has 2 bridgehead atoms. The maximum Gasteiger partial charge on any atom is 0.332 e. The van der Waals surface area contributed by atoms with Gasteiger partial charge in [0.1, 0.15) is 22.8 Å². The first kappa shape index (κ1) is 20.7. The number of rotatable bonds is 3. The summed E-state index contributed by atoms with van der Waals surface area (Å²) in [6, 6.07) is 10.7. The van der Waals surface area contributed by atoms with Gasteiger partial charge < -0.3 is 4.90 Å². The largest absolute Gasteiger partial charge is 0.332 e. The molecule has 3 aromatic rings. The van der Waals surface area contributed by atoms with Crippen LogP contribution in [0.15, 0.2) is 59.6 Å². The van der Waals surface area contributed by atoms with Crippen LogP contribution in [0.4, 0.5) is 14.9 Å². The minimum absolute atomic E-state index is 0.0135. The Morgan fingerprint density at radius 1 is 1.09 bits per heavy atom. The molecule has 3 aliphatic heterocycles. The van der Waals surface area contributed by atoms with E-state index in [-0.39, 0.29) is 12.2 Å². The number of nitriles is 1. The maximum atomic E-state index is 14.3. The van der Waals surface area contributed by atoms with Crippen LogP contribution in [0.5, 0.6) is 0 Å². The van der Waals surface area contributed by atoms with Crippen molar-refractivity contribution in [2.75, 3.05) is 11.4 Å². The zero-order valence-electron chi connectivity index (χ0n) is 17.5. The topological polar surface area (TPSA) is 115 Å². The number of hydrogen-bond acceptors (Lipinski definition) is 6. The van der Waals surface area contributed by atoms with Gasteiger partial charge in [-0.1, -0.05) is 12.1 Å². The summed E-state index contributed by atoms with van der Waals surface area (Å²) in [7, 11) is -4.20. The highest BCUT2D eigenvalue weighted by atomic mass is 32.2. The van der Waals surface area contributed by atoms with Crippen molar-refractivity contribution in [3.05, 3.63) is 66.1 Å². The molecule has 3 aliphatic rings. The molecule has 34 heavy (non-hydrogen) atoms. The molecule has 3 amide bonds. The highest BCUT2D eigenvalue weighted by molar-refractivity contribution is 7.89. The number of aromatic nitrogens is 1. The average Bonchev–Trinajstić information content (AvgIpc) is 3.50. The van der Waals surface area contributed by atoms with Gasteiger partial charge in [-0.2, -0.15) is 9.57 Å². The number of sulfonamides is 1. The van der Waals surface area contributed by atoms with Gasteiger partial charge in [-0.15, -0.1) is 0 Å². The monoisotopic (exact) mass is 477 g/mol. The van der Waals surface area contributed by atoms with Crippen LogP contribution >= 0.6 is 0 Å². The van der Waals surface area contributed by atoms with Crippen LogP contribution in [0.25, 0.3) is 10.9 Å². The Hall–Kier alpha value is -3.88. The molecule has 3 saturated heterocycles. The standard InChI is InChI=1S/C23H16FN5O4S/c24-16-5-1-2-6-19(16)34(32,33)27-12-14-10-18(27)21-22(30)29(23(31)28(14)21)17-8-7-13(11-25)20-15(17)4-3-9-26-20/h1-9,14,18,21H,10,12H2/t14?,18?,21-/m1/s1. The number of piperazine rings is 1. The number of imide groups is 1. The number of benzene rings is 2. The Labute approximate surface area is 193 Å². The quantitative estimate of drug-likeness (QED) is 0.535. The highest BCUT2D eigenvalue weighted by Gasteiger charge is 2.64. The molecule has 0 radical (unpaired) electrons. The van der Waals surface area contributed by atoms with Gasteiger partial charge in [-0.25, -0.2) is 22.5 Å². The molecule has 0 saturated carbocycles. The number of pyridine rings is 1. The molecule has 1 aromatic heterocycles. The first-order valence-corrected chi connectivity index (χ1v) is 12.0. The third-order valence-corrected chi connectivity index (χ3v) is 8.67. The lowest BCUT2D eigenvalue weighted by molar-refractivity contribution is -0.120. The van der Waals surface area contributed by atoms with Crippen LogP contribution in [-0.4, -0.2) is 59.2 Å². The normalized spacial score (nSPS) is 24.2. The molecular formula is C23H16FN5O4S. The second-order valence-electron chi connectivity index (χ2n) is 8.41. The van der Waals surface area contributed by atoms with Crippen molar-refractivity contribution < 1.29 is 22.4 Å². The van der Waals surface area contributed by atoms with E-state index in [4.69, 9.17) is 0 Å². The Bertz CT molecular complexity index is 1550. The summed E-state index contributed by atoms with van der Waals surface area (Å²) >= 11 is 0. The lowest BCUT2D eigenvalue weighted by atomic mass is 10.1. The second-order valence-corrected chi connectivity index (χ2v) is 10.3. The van der Waals surface area contributed by atoms with Crippen molar-refractivity contribution in [3.63, 3.8) is 0 Å². The highest BCUT2D eigenvalue weighted by Crippen LogP contribution is 2.45. The van der Waals surface area contributed by atoms with Crippen molar-refractivity contribution in [2.45, 2.75) is 29.4 Å². The molecule has 2 unspecified atom stereocenters. The van der Waals surface area contributed by atoms with Crippen molar-refractivity contribution in [2.24, 2.45) is 0 Å². The number of carbonyl (C=O) groups is 2. The zero-order chi connectivity index (χ0) is 23.8. The van der Waals surface area contributed by atoms with Crippen molar-refractivity contribution in [1.29, 1.82) is 5.26 Å². The van der Waals surface area contributed by atoms with E-state index >= 15 is 0 Å². The molecule has 3 fully saturated rings. The molecular weight excluding hydrogens is 461 g/mol. The number of nitrogens with zero attached hydrogens (tertiary/aromatic N) is 5. The van der Waals surface area contributed by atoms with E-state index in [1.54, 1.807) is 12.1 Å². The van der Waals surface area contributed by atoms with Gasteiger partial charge >= 0.3 is 6.03 Å². The van der Waals surface area contributed by atoms with Gasteiger partial charge in [-0.3, -0.25) is 9.78 Å². The molecule has 11 heteroatoms. The van der Waals surface area contributed by atoms with Crippen LogP contribution in [0, 0.1) is 17.1 Å². The Kier molecular flexibility index (Phi) is 4.30. The molecule has 0 N–H and O–H groups in total. The van der Waals surface area contributed by atoms with Gasteiger partial charge in [0.05, 0.1) is 22.8 Å². The molecule has 170 valence electrons. The van der Waals surface area contributed by atoms with E-state index in [1.165, 1.54) is 41.4 Å². The summed E-state index contributed by atoms with van der Waals surface area (Å²) in [4.78, 5) is 33.2. The maximum absolute atomic E-state index is 14.3. The van der Waals surface area contributed by atoms with Gasteiger partial charge in [-0.05, 0) is 42.8 Å². The Morgan fingerprint density at radius 2 is 1.88 bits per heavy atom. The van der Waals surface area contributed by atoms with Crippen molar-refractivity contribution in [1.82, 2.24) is 14.2 Å². The Balaban J connectivity index is 1.41. The fourth-order valence-electron chi connectivity index (χ4n) is 5.34. The lowest BCUT2D eigenvalue weighted by Gasteiger charge is -2.34. The molecule has 0 aliphatic carbocycles. The summed E-state index contributed by atoms with van der Waals surface area (Å²) in [6.07, 6.45) is 1.82. The minimum atomic E-state index is -4.20. The van der Waals surface area contributed by atoms with Crippen LogP contribution < -0.4 is 4.90 Å². The van der Waals surface area contributed by atoms with Crippen molar-refractivity contribution in [3.8, 4) is 6.07 Å². The molecule has 6 rings (SSSR count). The lowest BCUT2D eigenvalue weighted by Crippen LogP contribution is -2.54. The molecule has 9 nitrogen and oxygen atoms in total.